The number of hydrogen-bond acceptors (Lipinski definition) is 5. The molecule has 0 spiro atoms. The van der Waals surface area contributed by atoms with Crippen LogP contribution in [-0.2, 0) is 4.79 Å². The fourth-order valence-electron chi connectivity index (χ4n) is 1.49. The number of rotatable bonds is 4. The number of anilines is 2. The van der Waals surface area contributed by atoms with E-state index in [0.29, 0.717) is 5.16 Å². The number of aryl methyl sites for hydroxylation is 1. The van der Waals surface area contributed by atoms with Crippen molar-refractivity contribution in [2.45, 2.75) is 24.3 Å². The third-order valence-corrected chi connectivity index (χ3v) is 3.38. The van der Waals surface area contributed by atoms with Crippen LogP contribution in [0.1, 0.15) is 12.5 Å². The Morgan fingerprint density at radius 1 is 1.53 bits per heavy atom. The number of nitrogens with zero attached hydrogens (tertiary/aromatic N) is 2. The highest BCUT2D eigenvalue weighted by Gasteiger charge is 2.16. The molecular formula is C12H15N5OS. The summed E-state index contributed by atoms with van der Waals surface area (Å²) in [5.41, 5.74) is 7.31. The van der Waals surface area contributed by atoms with Crippen LogP contribution in [0.25, 0.3) is 0 Å². The molecular weight excluding hydrogens is 262 g/mol. The van der Waals surface area contributed by atoms with Crippen molar-refractivity contribution in [3.63, 3.8) is 0 Å². The molecule has 1 atom stereocenters. The Hall–Kier alpha value is -2.02. The Labute approximate surface area is 115 Å². The van der Waals surface area contributed by atoms with Gasteiger partial charge in [-0.1, -0.05) is 23.9 Å². The molecule has 1 heterocycles. The van der Waals surface area contributed by atoms with Gasteiger partial charge in [0.2, 0.25) is 17.0 Å². The minimum Gasteiger partial charge on any atom is -0.368 e. The Morgan fingerprint density at radius 2 is 2.32 bits per heavy atom. The lowest BCUT2D eigenvalue weighted by molar-refractivity contribution is -0.115. The Balaban J connectivity index is 1.96. The summed E-state index contributed by atoms with van der Waals surface area (Å²) in [6.45, 7) is 3.77. The maximum absolute atomic E-state index is 12.0. The first-order chi connectivity index (χ1) is 9.04. The van der Waals surface area contributed by atoms with Crippen LogP contribution in [0.15, 0.2) is 29.4 Å². The number of aromatic amines is 1. The summed E-state index contributed by atoms with van der Waals surface area (Å²) < 4.78 is 0. The maximum Gasteiger partial charge on any atom is 0.237 e. The lowest BCUT2D eigenvalue weighted by atomic mass is 10.2. The van der Waals surface area contributed by atoms with Gasteiger partial charge in [-0.3, -0.25) is 4.79 Å². The van der Waals surface area contributed by atoms with Crippen LogP contribution < -0.4 is 11.1 Å². The lowest BCUT2D eigenvalue weighted by Gasteiger charge is -2.10. The van der Waals surface area contributed by atoms with Gasteiger partial charge in [0.25, 0.3) is 0 Å². The van der Waals surface area contributed by atoms with E-state index in [1.54, 1.807) is 6.92 Å². The minimum absolute atomic E-state index is 0.0982. The molecule has 1 aromatic carbocycles. The zero-order chi connectivity index (χ0) is 13.8. The summed E-state index contributed by atoms with van der Waals surface area (Å²) >= 11 is 1.25. The highest BCUT2D eigenvalue weighted by molar-refractivity contribution is 8.00. The summed E-state index contributed by atoms with van der Waals surface area (Å²) in [4.78, 5) is 16.0. The van der Waals surface area contributed by atoms with E-state index >= 15 is 0 Å². The van der Waals surface area contributed by atoms with Crippen molar-refractivity contribution in [2.24, 2.45) is 0 Å². The van der Waals surface area contributed by atoms with Gasteiger partial charge >= 0.3 is 0 Å². The Kier molecular flexibility index (Phi) is 4.06. The van der Waals surface area contributed by atoms with Gasteiger partial charge in [-0.15, -0.1) is 5.10 Å². The van der Waals surface area contributed by atoms with Gasteiger partial charge in [0.15, 0.2) is 0 Å². The third kappa shape index (κ3) is 3.72. The van der Waals surface area contributed by atoms with Crippen molar-refractivity contribution in [2.75, 3.05) is 11.1 Å². The molecule has 6 nitrogen and oxygen atoms in total. The molecule has 1 unspecified atom stereocenters. The summed E-state index contributed by atoms with van der Waals surface area (Å²) in [6.07, 6.45) is 0. The second-order valence-electron chi connectivity index (χ2n) is 4.12. The van der Waals surface area contributed by atoms with Crippen molar-refractivity contribution in [1.82, 2.24) is 15.2 Å². The number of nitrogens with two attached hydrogens (primary N) is 1. The fourth-order valence-corrected chi connectivity index (χ4v) is 2.22. The first-order valence-corrected chi connectivity index (χ1v) is 6.64. The van der Waals surface area contributed by atoms with E-state index in [0.717, 1.165) is 11.3 Å². The number of aromatic nitrogens is 3. The van der Waals surface area contributed by atoms with Crippen molar-refractivity contribution >= 4 is 29.3 Å². The number of H-pyrrole nitrogens is 1. The fraction of sp³-hybridized carbons (Fsp3) is 0.250. The van der Waals surface area contributed by atoms with Crippen molar-refractivity contribution in [3.8, 4) is 0 Å². The molecule has 0 radical (unpaired) electrons. The normalized spacial score (nSPS) is 12.1. The quantitative estimate of drug-likeness (QED) is 0.741. The first kappa shape index (κ1) is 13.4. The van der Waals surface area contributed by atoms with Gasteiger partial charge in [-0.05, 0) is 31.5 Å². The van der Waals surface area contributed by atoms with E-state index in [1.165, 1.54) is 11.8 Å². The second-order valence-corrected chi connectivity index (χ2v) is 5.43. The third-order valence-electron chi connectivity index (χ3n) is 2.42. The predicted molar refractivity (Wildman–Crippen MR) is 75.9 cm³/mol. The highest BCUT2D eigenvalue weighted by Crippen LogP contribution is 2.21. The minimum atomic E-state index is -0.310. The van der Waals surface area contributed by atoms with Crippen molar-refractivity contribution in [1.29, 1.82) is 0 Å². The van der Waals surface area contributed by atoms with Crippen LogP contribution in [0, 0.1) is 6.92 Å². The predicted octanol–water partition coefficient (Wildman–Crippen LogP) is 1.81. The molecule has 0 bridgehead atoms. The van der Waals surface area contributed by atoms with Gasteiger partial charge in [-0.25, -0.2) is 5.10 Å². The molecule has 19 heavy (non-hydrogen) atoms. The number of nitrogens with one attached hydrogen (secondary N) is 2. The number of carbonyl (C=O) groups is 1. The molecule has 2 rings (SSSR count). The van der Waals surface area contributed by atoms with E-state index in [1.807, 2.05) is 31.2 Å². The molecule has 0 aliphatic carbocycles. The van der Waals surface area contributed by atoms with Crippen LogP contribution in [0.2, 0.25) is 0 Å². The molecule has 4 N–H and O–H groups in total. The van der Waals surface area contributed by atoms with Crippen LogP contribution in [0.5, 0.6) is 0 Å². The second kappa shape index (κ2) is 5.75. The molecule has 1 amide bonds. The number of carbonyl (C=O) groups excluding carboxylic acids is 1. The molecule has 0 saturated heterocycles. The average Bonchev–Trinajstić information content (AvgIpc) is 2.74. The molecule has 1 aromatic heterocycles. The number of thioether (sulfide) groups is 1. The Morgan fingerprint density at radius 3 is 2.95 bits per heavy atom. The van der Waals surface area contributed by atoms with Gasteiger partial charge in [0.05, 0.1) is 5.25 Å². The first-order valence-electron chi connectivity index (χ1n) is 5.76. The standard InChI is InChI=1S/C12H15N5OS/c1-7-4-3-5-9(6-7)14-10(18)8(2)19-12-15-11(13)16-17-12/h3-6,8H,1-2H3,(H,14,18)(H3,13,15,16,17). The largest absolute Gasteiger partial charge is 0.368 e. The van der Waals surface area contributed by atoms with Gasteiger partial charge in [-0.2, -0.15) is 4.98 Å². The van der Waals surface area contributed by atoms with Gasteiger partial charge in [0, 0.05) is 5.69 Å². The zero-order valence-electron chi connectivity index (χ0n) is 10.7. The average molecular weight is 277 g/mol. The van der Waals surface area contributed by atoms with Gasteiger partial charge < -0.3 is 11.1 Å². The van der Waals surface area contributed by atoms with Crippen molar-refractivity contribution in [3.05, 3.63) is 29.8 Å². The summed E-state index contributed by atoms with van der Waals surface area (Å²) in [5.74, 6) is 0.146. The van der Waals surface area contributed by atoms with Crippen molar-refractivity contribution < 1.29 is 4.79 Å². The van der Waals surface area contributed by atoms with E-state index in [2.05, 4.69) is 20.5 Å². The summed E-state index contributed by atoms with van der Waals surface area (Å²) in [7, 11) is 0. The monoisotopic (exact) mass is 277 g/mol. The topological polar surface area (TPSA) is 96.7 Å². The molecule has 7 heteroatoms. The number of benzene rings is 1. The SMILES string of the molecule is Cc1cccc(NC(=O)C(C)Sc2n[nH]c(N)n2)c1. The number of hydrogen-bond donors (Lipinski definition) is 3. The molecule has 0 fully saturated rings. The maximum atomic E-state index is 12.0. The van der Waals surface area contributed by atoms with Gasteiger partial charge in [0.1, 0.15) is 0 Å². The lowest BCUT2D eigenvalue weighted by Crippen LogP contribution is -2.22. The molecule has 0 saturated carbocycles. The highest BCUT2D eigenvalue weighted by atomic mass is 32.2. The summed E-state index contributed by atoms with van der Waals surface area (Å²) in [5, 5.41) is 9.42. The van der Waals surface area contributed by atoms with E-state index in [-0.39, 0.29) is 17.1 Å². The molecule has 0 aliphatic rings. The van der Waals surface area contributed by atoms with E-state index < -0.39 is 0 Å². The van der Waals surface area contributed by atoms with Crippen LogP contribution >= 0.6 is 11.8 Å². The molecule has 0 aliphatic heterocycles. The summed E-state index contributed by atoms with van der Waals surface area (Å²) in [6, 6.07) is 7.65. The van der Waals surface area contributed by atoms with E-state index in [4.69, 9.17) is 5.73 Å². The smallest absolute Gasteiger partial charge is 0.237 e. The van der Waals surface area contributed by atoms with E-state index in [9.17, 15) is 4.79 Å². The molecule has 100 valence electrons. The van der Waals surface area contributed by atoms with Crippen LogP contribution in [0.4, 0.5) is 11.6 Å². The number of amides is 1. The molecule has 2 aromatic rings. The Bertz CT molecular complexity index is 583. The van der Waals surface area contributed by atoms with Crippen LogP contribution in [0.3, 0.4) is 0 Å². The number of nitrogen functional groups attached to an aromatic ring is 1. The van der Waals surface area contributed by atoms with Crippen LogP contribution in [-0.4, -0.2) is 26.3 Å². The zero-order valence-corrected chi connectivity index (χ0v) is 11.5.